The average Bonchev–Trinajstić information content (AvgIpc) is 3.66. The molecule has 2 aliphatic heterocycles. The molecule has 3 rings (SSSR count). The van der Waals surface area contributed by atoms with E-state index in [2.05, 4.69) is 16.7 Å². The van der Waals surface area contributed by atoms with Crippen LogP contribution >= 0.6 is 0 Å². The summed E-state index contributed by atoms with van der Waals surface area (Å²) in [5.74, 6) is -0.222. The van der Waals surface area contributed by atoms with Gasteiger partial charge >= 0.3 is 0 Å². The van der Waals surface area contributed by atoms with Crippen LogP contribution < -0.4 is 9.80 Å². The quantitative estimate of drug-likeness (QED) is 0.0847. The first-order chi connectivity index (χ1) is 20.4. The molecule has 43 heavy (non-hydrogen) atoms. The Morgan fingerprint density at radius 2 is 1.28 bits per heavy atom. The fourth-order valence-corrected chi connectivity index (χ4v) is 5.68. The van der Waals surface area contributed by atoms with Crippen molar-refractivity contribution in [2.75, 3.05) is 69.0 Å². The highest BCUT2D eigenvalue weighted by Gasteiger charge is 2.39. The summed E-state index contributed by atoms with van der Waals surface area (Å²) in [7, 11) is 0. The molecule has 10 N–H and O–H groups in total. The van der Waals surface area contributed by atoms with Crippen molar-refractivity contribution < 1.29 is 55.9 Å². The molecule has 1 aromatic carbocycles. The van der Waals surface area contributed by atoms with Gasteiger partial charge in [-0.1, -0.05) is 0 Å². The summed E-state index contributed by atoms with van der Waals surface area (Å²) in [6, 6.07) is 5.07. The van der Waals surface area contributed by atoms with Crippen LogP contribution in [-0.2, 0) is 0 Å². The number of aliphatic hydroxyl groups excluding tert-OH is 10. The van der Waals surface area contributed by atoms with Crippen LogP contribution in [0.15, 0.2) is 18.2 Å². The number of nitrogens with zero attached hydrogens (tertiary/aromatic N) is 4. The number of benzene rings is 1. The number of anilines is 2. The Kier molecular flexibility index (Phi) is 12.9. The molecule has 0 aromatic heterocycles. The SMILES string of the molecule is CCN1CN(CC)c2cc(C(=O)N3CC[C@H](N(C[C@H](O)[C@@H](O)[C@H](O)[C@H](O)CO)C[C@H](O)[C@@H](O)[C@H](O)[C@H](O)CO)C3)ccc21. The maximum absolute atomic E-state index is 13.5. The number of fused-ring (bicyclic) bond motifs is 1. The zero-order valence-corrected chi connectivity index (χ0v) is 24.7. The van der Waals surface area contributed by atoms with Crippen LogP contribution in [-0.4, -0.2) is 181 Å². The second-order valence-corrected chi connectivity index (χ2v) is 11.3. The summed E-state index contributed by atoms with van der Waals surface area (Å²) in [6.45, 7) is 4.43. The Balaban J connectivity index is 1.77. The smallest absolute Gasteiger partial charge is 0.253 e. The zero-order chi connectivity index (χ0) is 32.0. The van der Waals surface area contributed by atoms with E-state index in [1.165, 1.54) is 4.90 Å². The molecule has 0 aliphatic carbocycles. The fraction of sp³-hybridized carbons (Fsp3) is 0.750. The summed E-state index contributed by atoms with van der Waals surface area (Å²) in [5, 5.41) is 99.8. The van der Waals surface area contributed by atoms with E-state index in [9.17, 15) is 45.6 Å². The van der Waals surface area contributed by atoms with E-state index in [0.717, 1.165) is 31.1 Å². The molecule has 0 unspecified atom stereocenters. The molecule has 0 radical (unpaired) electrons. The normalized spacial score (nSPS) is 22.7. The number of amides is 1. The third-order valence-electron chi connectivity index (χ3n) is 8.47. The molecular formula is C28H48N4O11. The molecule has 15 nitrogen and oxygen atoms in total. The zero-order valence-electron chi connectivity index (χ0n) is 24.7. The number of likely N-dealkylation sites (tertiary alicyclic amines) is 1. The standard InChI is InChI=1S/C28H48N4O11/c1-3-29-15-30(4-2)19-9-16(5-6-18(19)29)28(43)31-8-7-17(10-31)32(11-20(35)24(39)26(41)22(37)13-33)12-21(36)25(40)27(42)23(38)14-34/h5-6,9,17,20-27,33-42H,3-4,7-8,10-15H2,1-2H3/t17-,20-,21-,22+,23+,24+,25+,26+,27+/m0/s1. The van der Waals surface area contributed by atoms with Gasteiger partial charge in [-0.25, -0.2) is 0 Å². The van der Waals surface area contributed by atoms with Crippen LogP contribution in [0.4, 0.5) is 11.4 Å². The number of carbonyl (C=O) groups excluding carboxylic acids is 1. The van der Waals surface area contributed by atoms with E-state index in [1.807, 2.05) is 19.1 Å². The summed E-state index contributed by atoms with van der Waals surface area (Å²) in [6.07, 6.45) is -14.0. The van der Waals surface area contributed by atoms with Crippen molar-refractivity contribution in [2.24, 2.45) is 0 Å². The Labute approximate surface area is 251 Å². The molecule has 1 fully saturated rings. The maximum atomic E-state index is 13.5. The van der Waals surface area contributed by atoms with E-state index in [4.69, 9.17) is 10.2 Å². The molecule has 0 saturated carbocycles. The van der Waals surface area contributed by atoms with Gasteiger partial charge in [-0.2, -0.15) is 0 Å². The lowest BCUT2D eigenvalue weighted by molar-refractivity contribution is -0.133. The van der Waals surface area contributed by atoms with Gasteiger partial charge in [-0.15, -0.1) is 0 Å². The number of rotatable bonds is 16. The minimum atomic E-state index is -1.89. The highest BCUT2D eigenvalue weighted by Crippen LogP contribution is 2.36. The van der Waals surface area contributed by atoms with Crippen molar-refractivity contribution in [2.45, 2.75) is 75.1 Å². The van der Waals surface area contributed by atoms with Crippen molar-refractivity contribution in [1.82, 2.24) is 9.80 Å². The monoisotopic (exact) mass is 616 g/mol. The molecule has 0 bridgehead atoms. The first-order valence-corrected chi connectivity index (χ1v) is 14.7. The van der Waals surface area contributed by atoms with Gasteiger partial charge in [0.15, 0.2) is 0 Å². The van der Waals surface area contributed by atoms with Gasteiger partial charge in [0.1, 0.15) is 36.6 Å². The summed E-state index contributed by atoms with van der Waals surface area (Å²) >= 11 is 0. The third kappa shape index (κ3) is 8.12. The number of hydrogen-bond acceptors (Lipinski definition) is 14. The molecule has 1 saturated heterocycles. The van der Waals surface area contributed by atoms with Crippen LogP contribution in [0.2, 0.25) is 0 Å². The van der Waals surface area contributed by atoms with E-state index in [0.29, 0.717) is 18.5 Å². The highest BCUT2D eigenvalue weighted by atomic mass is 16.4. The van der Waals surface area contributed by atoms with Gasteiger partial charge in [0.05, 0.1) is 43.5 Å². The van der Waals surface area contributed by atoms with Gasteiger partial charge in [0.2, 0.25) is 0 Å². The van der Waals surface area contributed by atoms with Crippen molar-refractivity contribution in [3.63, 3.8) is 0 Å². The lowest BCUT2D eigenvalue weighted by Crippen LogP contribution is -2.55. The highest BCUT2D eigenvalue weighted by molar-refractivity contribution is 5.97. The van der Waals surface area contributed by atoms with Crippen LogP contribution in [0, 0.1) is 0 Å². The third-order valence-corrected chi connectivity index (χ3v) is 8.47. The van der Waals surface area contributed by atoms with Crippen molar-refractivity contribution in [1.29, 1.82) is 0 Å². The van der Waals surface area contributed by atoms with E-state index in [1.54, 1.807) is 11.0 Å². The van der Waals surface area contributed by atoms with Crippen LogP contribution in [0.3, 0.4) is 0 Å². The van der Waals surface area contributed by atoms with Crippen molar-refractivity contribution in [3.05, 3.63) is 23.8 Å². The number of carbonyl (C=O) groups is 1. The minimum Gasteiger partial charge on any atom is -0.394 e. The minimum absolute atomic E-state index is 0.157. The predicted molar refractivity (Wildman–Crippen MR) is 155 cm³/mol. The Morgan fingerprint density at radius 1 is 0.791 bits per heavy atom. The summed E-state index contributed by atoms with van der Waals surface area (Å²) in [4.78, 5) is 21.0. The van der Waals surface area contributed by atoms with Crippen molar-refractivity contribution >= 4 is 17.3 Å². The second-order valence-electron chi connectivity index (χ2n) is 11.3. The summed E-state index contributed by atoms with van der Waals surface area (Å²) in [5.41, 5.74) is 2.51. The molecule has 2 heterocycles. The molecule has 9 atom stereocenters. The lowest BCUT2D eigenvalue weighted by Gasteiger charge is -2.36. The topological polar surface area (TPSA) is 232 Å². The van der Waals surface area contributed by atoms with Crippen LogP contribution in [0.1, 0.15) is 30.6 Å². The van der Waals surface area contributed by atoms with Gasteiger partial charge < -0.3 is 65.8 Å². The van der Waals surface area contributed by atoms with Gasteiger partial charge in [0, 0.05) is 50.9 Å². The first kappa shape index (κ1) is 35.3. The molecule has 246 valence electrons. The molecule has 1 aromatic rings. The van der Waals surface area contributed by atoms with Crippen molar-refractivity contribution in [3.8, 4) is 0 Å². The molecule has 2 aliphatic rings. The molecule has 1 amide bonds. The van der Waals surface area contributed by atoms with Crippen LogP contribution in [0.25, 0.3) is 0 Å². The number of aliphatic hydroxyl groups is 10. The van der Waals surface area contributed by atoms with Gasteiger partial charge in [-0.3, -0.25) is 9.69 Å². The molecule has 0 spiro atoms. The fourth-order valence-electron chi connectivity index (χ4n) is 5.68. The largest absolute Gasteiger partial charge is 0.394 e. The van der Waals surface area contributed by atoms with Crippen LogP contribution in [0.5, 0.6) is 0 Å². The first-order valence-electron chi connectivity index (χ1n) is 14.7. The number of hydrogen-bond donors (Lipinski definition) is 10. The maximum Gasteiger partial charge on any atom is 0.253 e. The lowest BCUT2D eigenvalue weighted by atomic mass is 10.00. The second kappa shape index (κ2) is 15.7. The van der Waals surface area contributed by atoms with Gasteiger partial charge in [-0.05, 0) is 38.5 Å². The molecular weight excluding hydrogens is 568 g/mol. The Hall–Kier alpha value is -2.15. The van der Waals surface area contributed by atoms with E-state index in [-0.39, 0.29) is 25.5 Å². The van der Waals surface area contributed by atoms with E-state index < -0.39 is 68.1 Å². The Bertz CT molecular complexity index is 1010. The Morgan fingerprint density at radius 3 is 1.77 bits per heavy atom. The summed E-state index contributed by atoms with van der Waals surface area (Å²) < 4.78 is 0. The van der Waals surface area contributed by atoms with E-state index >= 15 is 0 Å². The predicted octanol–water partition coefficient (Wildman–Crippen LogP) is -4.30. The van der Waals surface area contributed by atoms with Gasteiger partial charge in [0.25, 0.3) is 5.91 Å². The average molecular weight is 617 g/mol. The molecule has 15 heteroatoms.